The molecule has 0 amide bonds. The van der Waals surface area contributed by atoms with E-state index in [0.717, 1.165) is 0 Å². The Hall–Kier alpha value is -1.65. The smallest absolute Gasteiger partial charge is 0.256 e. The summed E-state index contributed by atoms with van der Waals surface area (Å²) in [7, 11) is 0. The zero-order valence-electron chi connectivity index (χ0n) is 5.69. The lowest BCUT2D eigenvalue weighted by Crippen LogP contribution is -2.25. The van der Waals surface area contributed by atoms with Crippen molar-refractivity contribution in [2.45, 2.75) is 6.67 Å². The second kappa shape index (κ2) is 2.19. The molecule has 0 unspecified atom stereocenters. The van der Waals surface area contributed by atoms with Crippen LogP contribution in [0.5, 0.6) is 0 Å². The Balaban J connectivity index is 2.63. The van der Waals surface area contributed by atoms with E-state index >= 15 is 0 Å². The molecule has 0 saturated carbocycles. The van der Waals surface area contributed by atoms with E-state index in [1.165, 1.54) is 23.2 Å². The second-order valence-electron chi connectivity index (χ2n) is 2.13. The molecular weight excluding hydrogens is 144 g/mol. The first-order valence-corrected chi connectivity index (χ1v) is 3.18. The largest absolute Gasteiger partial charge is 0.317 e. The Kier molecular flexibility index (Phi) is 1.21. The molecule has 0 atom stereocenters. The van der Waals surface area contributed by atoms with E-state index < -0.39 is 0 Å². The Morgan fingerprint density at radius 3 is 3.36 bits per heavy atom. The molecule has 0 fully saturated rings. The summed E-state index contributed by atoms with van der Waals surface area (Å²) >= 11 is 0. The van der Waals surface area contributed by atoms with Gasteiger partial charge in [-0.2, -0.15) is 0 Å². The molecule has 56 valence electrons. The minimum atomic E-state index is -0.0839. The third kappa shape index (κ3) is 0.899. The molecule has 0 bridgehead atoms. The van der Waals surface area contributed by atoms with Gasteiger partial charge in [-0.15, -0.1) is 0 Å². The summed E-state index contributed by atoms with van der Waals surface area (Å²) < 4.78 is 1.46. The monoisotopic (exact) mass is 150 g/mol. The fourth-order valence-electron chi connectivity index (χ4n) is 0.913. The fourth-order valence-corrected chi connectivity index (χ4v) is 0.913. The SMILES string of the molecule is O=c1ccnc2n1CN=CN2. The molecule has 1 aliphatic rings. The third-order valence-electron chi connectivity index (χ3n) is 1.44. The fraction of sp³-hybridized carbons (Fsp3) is 0.167. The van der Waals surface area contributed by atoms with E-state index in [2.05, 4.69) is 15.3 Å². The zero-order valence-corrected chi connectivity index (χ0v) is 5.69. The van der Waals surface area contributed by atoms with Crippen LogP contribution in [0.4, 0.5) is 5.95 Å². The van der Waals surface area contributed by atoms with E-state index in [1.807, 2.05) is 0 Å². The second-order valence-corrected chi connectivity index (χ2v) is 2.13. The predicted molar refractivity (Wildman–Crippen MR) is 40.6 cm³/mol. The van der Waals surface area contributed by atoms with Gasteiger partial charge in [0.25, 0.3) is 5.56 Å². The highest BCUT2D eigenvalue weighted by atomic mass is 16.1. The van der Waals surface area contributed by atoms with Gasteiger partial charge in [0, 0.05) is 12.3 Å². The average Bonchev–Trinajstić information content (AvgIpc) is 2.06. The maximum atomic E-state index is 11.1. The van der Waals surface area contributed by atoms with Crippen LogP contribution in [0, 0.1) is 0 Å². The summed E-state index contributed by atoms with van der Waals surface area (Å²) in [6, 6.07) is 1.41. The van der Waals surface area contributed by atoms with Crippen molar-refractivity contribution in [2.24, 2.45) is 4.99 Å². The number of rotatable bonds is 0. The maximum absolute atomic E-state index is 11.1. The third-order valence-corrected chi connectivity index (χ3v) is 1.44. The van der Waals surface area contributed by atoms with Crippen molar-refractivity contribution >= 4 is 12.3 Å². The lowest BCUT2D eigenvalue weighted by molar-refractivity contribution is 0.688. The lowest BCUT2D eigenvalue weighted by atomic mass is 10.6. The summed E-state index contributed by atoms with van der Waals surface area (Å²) in [5.74, 6) is 0.549. The van der Waals surface area contributed by atoms with Gasteiger partial charge in [0.2, 0.25) is 5.95 Å². The van der Waals surface area contributed by atoms with Crippen LogP contribution >= 0.6 is 0 Å². The number of nitrogens with zero attached hydrogens (tertiary/aromatic N) is 3. The van der Waals surface area contributed by atoms with Gasteiger partial charge >= 0.3 is 0 Å². The maximum Gasteiger partial charge on any atom is 0.256 e. The van der Waals surface area contributed by atoms with E-state index in [9.17, 15) is 4.79 Å². The molecule has 0 radical (unpaired) electrons. The molecule has 1 aromatic rings. The first-order valence-electron chi connectivity index (χ1n) is 3.18. The highest BCUT2D eigenvalue weighted by Crippen LogP contribution is 2.00. The molecule has 0 aromatic carbocycles. The normalized spacial score (nSPS) is 13.8. The number of anilines is 1. The Bertz CT molecular complexity index is 354. The summed E-state index contributed by atoms with van der Waals surface area (Å²) in [6.07, 6.45) is 3.00. The highest BCUT2D eigenvalue weighted by Gasteiger charge is 2.04. The van der Waals surface area contributed by atoms with Crippen molar-refractivity contribution < 1.29 is 0 Å². The van der Waals surface area contributed by atoms with Gasteiger partial charge < -0.3 is 5.32 Å². The molecular formula is C6H6N4O. The first kappa shape index (κ1) is 6.09. The van der Waals surface area contributed by atoms with Gasteiger partial charge in [-0.25, -0.2) is 4.98 Å². The van der Waals surface area contributed by atoms with E-state index in [1.54, 1.807) is 0 Å². The topological polar surface area (TPSA) is 59.3 Å². The Morgan fingerprint density at radius 2 is 2.55 bits per heavy atom. The van der Waals surface area contributed by atoms with Crippen molar-refractivity contribution in [3.63, 3.8) is 0 Å². The Morgan fingerprint density at radius 1 is 1.64 bits per heavy atom. The van der Waals surface area contributed by atoms with Crippen LogP contribution in [-0.2, 0) is 6.67 Å². The van der Waals surface area contributed by atoms with Crippen LogP contribution in [0.1, 0.15) is 0 Å². The number of hydrogen-bond acceptors (Lipinski definition) is 4. The van der Waals surface area contributed by atoms with Gasteiger partial charge in [0.05, 0.1) is 6.34 Å². The number of fused-ring (bicyclic) bond motifs is 1. The molecule has 0 spiro atoms. The molecule has 5 nitrogen and oxygen atoms in total. The van der Waals surface area contributed by atoms with Crippen molar-refractivity contribution in [3.8, 4) is 0 Å². The molecule has 1 aromatic heterocycles. The van der Waals surface area contributed by atoms with Crippen LogP contribution in [0.25, 0.3) is 0 Å². The van der Waals surface area contributed by atoms with Crippen molar-refractivity contribution in [1.82, 2.24) is 9.55 Å². The van der Waals surface area contributed by atoms with E-state index in [-0.39, 0.29) is 5.56 Å². The zero-order chi connectivity index (χ0) is 7.68. The minimum absolute atomic E-state index is 0.0839. The molecule has 2 rings (SSSR count). The molecule has 0 aliphatic carbocycles. The summed E-state index contributed by atoms with van der Waals surface area (Å²) in [4.78, 5) is 18.9. The average molecular weight is 150 g/mol. The summed E-state index contributed by atoms with van der Waals surface area (Å²) in [6.45, 7) is 0.356. The minimum Gasteiger partial charge on any atom is -0.317 e. The summed E-state index contributed by atoms with van der Waals surface area (Å²) in [5, 5.41) is 2.76. The van der Waals surface area contributed by atoms with E-state index in [0.29, 0.717) is 12.6 Å². The molecule has 1 N–H and O–H groups in total. The lowest BCUT2D eigenvalue weighted by Gasteiger charge is -2.11. The number of nitrogens with one attached hydrogen (secondary N) is 1. The highest BCUT2D eigenvalue weighted by molar-refractivity contribution is 5.73. The molecule has 2 heterocycles. The molecule has 5 heteroatoms. The standard InChI is InChI=1S/C6H6N4O/c11-5-1-2-8-6-9-3-7-4-10(5)6/h1-3H,4H2,(H,7,8,9). The van der Waals surface area contributed by atoms with Crippen LogP contribution in [-0.4, -0.2) is 15.9 Å². The van der Waals surface area contributed by atoms with Gasteiger partial charge in [0.15, 0.2) is 0 Å². The van der Waals surface area contributed by atoms with Crippen molar-refractivity contribution in [1.29, 1.82) is 0 Å². The van der Waals surface area contributed by atoms with Crippen LogP contribution < -0.4 is 10.9 Å². The quantitative estimate of drug-likeness (QED) is 0.550. The first-order chi connectivity index (χ1) is 5.38. The Labute approximate surface area is 62.4 Å². The van der Waals surface area contributed by atoms with Gasteiger partial charge in [-0.3, -0.25) is 14.4 Å². The number of aromatic nitrogens is 2. The van der Waals surface area contributed by atoms with Gasteiger partial charge in [0.1, 0.15) is 6.67 Å². The van der Waals surface area contributed by atoms with Crippen molar-refractivity contribution in [3.05, 3.63) is 22.6 Å². The summed E-state index contributed by atoms with van der Waals surface area (Å²) in [5.41, 5.74) is -0.0839. The van der Waals surface area contributed by atoms with Gasteiger partial charge in [-0.05, 0) is 0 Å². The van der Waals surface area contributed by atoms with E-state index in [4.69, 9.17) is 0 Å². The molecule has 1 aliphatic heterocycles. The van der Waals surface area contributed by atoms with Gasteiger partial charge in [-0.1, -0.05) is 0 Å². The molecule has 0 saturated heterocycles. The predicted octanol–water partition coefficient (Wildman–Crippen LogP) is -0.345. The van der Waals surface area contributed by atoms with Crippen molar-refractivity contribution in [2.75, 3.05) is 5.32 Å². The number of aliphatic imine (C=N–C) groups is 1. The molecule has 11 heavy (non-hydrogen) atoms. The number of hydrogen-bond donors (Lipinski definition) is 1. The van der Waals surface area contributed by atoms with Crippen LogP contribution in [0.15, 0.2) is 22.1 Å². The van der Waals surface area contributed by atoms with Crippen LogP contribution in [0.2, 0.25) is 0 Å². The van der Waals surface area contributed by atoms with Crippen LogP contribution in [0.3, 0.4) is 0 Å².